The van der Waals surface area contributed by atoms with Crippen LogP contribution in [-0.4, -0.2) is 41.6 Å². The van der Waals surface area contributed by atoms with Crippen LogP contribution in [0.15, 0.2) is 88.2 Å². The van der Waals surface area contributed by atoms with Crippen LogP contribution in [0.3, 0.4) is 0 Å². The van der Waals surface area contributed by atoms with Crippen molar-refractivity contribution in [2.24, 2.45) is 4.99 Å². The molecule has 2 aliphatic heterocycles. The van der Waals surface area contributed by atoms with Gasteiger partial charge >= 0.3 is 11.9 Å². The molecule has 11 heteroatoms. The normalized spacial score (nSPS) is 15.6. The first kappa shape index (κ1) is 27.0. The summed E-state index contributed by atoms with van der Waals surface area (Å²) in [7, 11) is 0. The zero-order valence-electron chi connectivity index (χ0n) is 22.3. The fourth-order valence-corrected chi connectivity index (χ4v) is 5.80. The maximum Gasteiger partial charge on any atom is 0.341 e. The summed E-state index contributed by atoms with van der Waals surface area (Å²) in [4.78, 5) is 43.6. The van der Waals surface area contributed by atoms with E-state index in [1.54, 1.807) is 55.5 Å². The summed E-state index contributed by atoms with van der Waals surface area (Å²) < 4.78 is 23.7. The van der Waals surface area contributed by atoms with E-state index in [1.807, 2.05) is 30.3 Å². The smallest absolute Gasteiger partial charge is 0.341 e. The molecule has 10 nitrogen and oxygen atoms in total. The molecule has 6 rings (SSSR count). The number of esters is 1. The van der Waals surface area contributed by atoms with E-state index in [1.165, 1.54) is 15.9 Å². The molecule has 0 fully saturated rings. The maximum atomic E-state index is 14.0. The number of ether oxygens (including phenoxy) is 4. The Balaban J connectivity index is 1.54. The number of aromatic nitrogens is 1. The zero-order valence-corrected chi connectivity index (χ0v) is 23.1. The van der Waals surface area contributed by atoms with Crippen LogP contribution in [0.4, 0.5) is 0 Å². The van der Waals surface area contributed by atoms with E-state index < -0.39 is 24.6 Å². The molecule has 1 atom stereocenters. The van der Waals surface area contributed by atoms with E-state index in [0.717, 1.165) is 0 Å². The molecule has 3 aromatic carbocycles. The minimum atomic E-state index is -1.07. The Morgan fingerprint density at radius 3 is 2.57 bits per heavy atom. The van der Waals surface area contributed by atoms with Crippen molar-refractivity contribution >= 4 is 35.0 Å². The molecule has 3 heterocycles. The van der Waals surface area contributed by atoms with Gasteiger partial charge in [-0.2, -0.15) is 0 Å². The second-order valence-corrected chi connectivity index (χ2v) is 10.3. The first-order valence-corrected chi connectivity index (χ1v) is 13.9. The summed E-state index contributed by atoms with van der Waals surface area (Å²) in [5.41, 5.74) is 2.38. The topological polar surface area (TPSA) is 126 Å². The molecule has 1 N–H and O–H groups in total. The van der Waals surface area contributed by atoms with Gasteiger partial charge in [-0.3, -0.25) is 9.36 Å². The predicted octanol–water partition coefficient (Wildman–Crippen LogP) is 3.13. The molecule has 0 bridgehead atoms. The molecule has 212 valence electrons. The lowest BCUT2D eigenvalue weighted by molar-refractivity contribution is -0.140. The van der Waals surface area contributed by atoms with Crippen molar-refractivity contribution in [2.75, 3.05) is 20.0 Å². The molecule has 0 spiro atoms. The molecule has 1 aromatic heterocycles. The number of carbonyl (C=O) groups is 2. The summed E-state index contributed by atoms with van der Waals surface area (Å²) >= 11 is 1.20. The van der Waals surface area contributed by atoms with Gasteiger partial charge in [0.15, 0.2) is 22.9 Å². The first-order valence-electron chi connectivity index (χ1n) is 13.1. The number of carbonyl (C=O) groups excluding carboxylic acids is 1. The number of fused-ring (bicyclic) bond motifs is 2. The Morgan fingerprint density at radius 1 is 1.07 bits per heavy atom. The molecule has 0 aliphatic carbocycles. The van der Waals surface area contributed by atoms with Gasteiger partial charge in [-0.15, -0.1) is 0 Å². The Bertz CT molecular complexity index is 1890. The lowest BCUT2D eigenvalue weighted by Gasteiger charge is -2.26. The maximum absolute atomic E-state index is 14.0. The van der Waals surface area contributed by atoms with Crippen LogP contribution in [0.5, 0.6) is 17.2 Å². The molecule has 0 unspecified atom stereocenters. The summed E-state index contributed by atoms with van der Waals surface area (Å²) in [6, 6.07) is 20.5. The van der Waals surface area contributed by atoms with E-state index in [2.05, 4.69) is 0 Å². The largest absolute Gasteiger partial charge is 0.482 e. The molecule has 4 aromatic rings. The lowest BCUT2D eigenvalue weighted by atomic mass is 9.93. The van der Waals surface area contributed by atoms with Gasteiger partial charge in [-0.25, -0.2) is 14.6 Å². The summed E-state index contributed by atoms with van der Waals surface area (Å²) in [5, 5.41) is 8.84. The van der Waals surface area contributed by atoms with E-state index in [4.69, 9.17) is 29.0 Å². The number of hydrogen-bond donors (Lipinski definition) is 1. The number of thiazole rings is 1. The average Bonchev–Trinajstić information content (AvgIpc) is 3.60. The Labute approximate surface area is 243 Å². The monoisotopic (exact) mass is 584 g/mol. The molecule has 0 radical (unpaired) electrons. The van der Waals surface area contributed by atoms with Crippen LogP contribution in [0.25, 0.3) is 11.8 Å². The predicted molar refractivity (Wildman–Crippen MR) is 153 cm³/mol. The lowest BCUT2D eigenvalue weighted by Crippen LogP contribution is -2.40. The van der Waals surface area contributed by atoms with Gasteiger partial charge in [0.1, 0.15) is 5.75 Å². The Hall–Kier alpha value is -5.16. The number of benzene rings is 3. The quantitative estimate of drug-likeness (QED) is 0.313. The molecular weight excluding hydrogens is 560 g/mol. The minimum absolute atomic E-state index is 0.0809. The van der Waals surface area contributed by atoms with Crippen molar-refractivity contribution in [3.63, 3.8) is 0 Å². The van der Waals surface area contributed by atoms with Gasteiger partial charge in [0.05, 0.1) is 28.5 Å². The number of nitrogens with zero attached hydrogens (tertiary/aromatic N) is 2. The molecule has 0 amide bonds. The van der Waals surface area contributed by atoms with Gasteiger partial charge in [-0.05, 0) is 48.4 Å². The van der Waals surface area contributed by atoms with Crippen molar-refractivity contribution in [2.45, 2.75) is 13.0 Å². The summed E-state index contributed by atoms with van der Waals surface area (Å²) in [6.45, 7) is 1.50. The minimum Gasteiger partial charge on any atom is -0.482 e. The van der Waals surface area contributed by atoms with Crippen LogP contribution < -0.4 is 29.1 Å². The van der Waals surface area contributed by atoms with Crippen LogP contribution in [-0.2, 0) is 14.3 Å². The zero-order chi connectivity index (χ0) is 29.2. The van der Waals surface area contributed by atoms with E-state index >= 15 is 0 Å². The third-order valence-corrected chi connectivity index (χ3v) is 7.61. The van der Waals surface area contributed by atoms with Crippen LogP contribution in [0, 0.1) is 0 Å². The highest BCUT2D eigenvalue weighted by Crippen LogP contribution is 2.40. The van der Waals surface area contributed by atoms with Gasteiger partial charge in [-0.1, -0.05) is 59.9 Å². The van der Waals surface area contributed by atoms with E-state index in [9.17, 15) is 14.4 Å². The number of aliphatic carboxylic acids is 1. The highest BCUT2D eigenvalue weighted by atomic mass is 32.1. The Morgan fingerprint density at radius 2 is 1.83 bits per heavy atom. The molecule has 2 aliphatic rings. The first-order chi connectivity index (χ1) is 20.4. The Kier molecular flexibility index (Phi) is 7.32. The second-order valence-electron chi connectivity index (χ2n) is 9.30. The number of hydrogen-bond acceptors (Lipinski definition) is 9. The molecular formula is C31H24N2O8S. The third kappa shape index (κ3) is 5.17. The van der Waals surface area contributed by atoms with Crippen LogP contribution in [0.1, 0.15) is 29.7 Å². The number of carboxylic acid groups (broad SMARTS) is 1. The average molecular weight is 585 g/mol. The number of rotatable bonds is 8. The van der Waals surface area contributed by atoms with E-state index in [0.29, 0.717) is 49.0 Å². The SMILES string of the molecule is CCOC(=O)C1=C(c2ccccc2)N=c2s/c(=C\c3ccc(OCC(=O)O)cc3)c(=O)n2[C@@H]1c1ccc2c(c1)OCO2. The van der Waals surface area contributed by atoms with Gasteiger partial charge in [0.25, 0.3) is 5.56 Å². The number of carboxylic acids is 1. The fourth-order valence-electron chi connectivity index (χ4n) is 4.80. The summed E-state index contributed by atoms with van der Waals surface area (Å²) in [6.07, 6.45) is 1.72. The van der Waals surface area contributed by atoms with Crippen molar-refractivity contribution in [1.82, 2.24) is 4.57 Å². The van der Waals surface area contributed by atoms with Crippen LogP contribution in [0.2, 0.25) is 0 Å². The van der Waals surface area contributed by atoms with E-state index in [-0.39, 0.29) is 24.5 Å². The van der Waals surface area contributed by atoms with Crippen molar-refractivity contribution in [1.29, 1.82) is 0 Å². The summed E-state index contributed by atoms with van der Waals surface area (Å²) in [5.74, 6) is -0.165. The standard InChI is InChI=1S/C31H24N2O8S/c1-2-38-30(37)26-27(19-6-4-3-5-7-19)32-31-33(28(26)20-10-13-22-23(15-20)41-17-40-22)29(36)24(42-31)14-18-8-11-21(12-9-18)39-16-25(34)35/h3-15,28H,2,16-17H2,1H3,(H,34,35)/b24-14-/t28-/m1/s1. The second kappa shape index (κ2) is 11.4. The van der Waals surface area contributed by atoms with Gasteiger partial charge < -0.3 is 24.1 Å². The third-order valence-electron chi connectivity index (χ3n) is 6.63. The fraction of sp³-hybridized carbons (Fsp3) is 0.161. The van der Waals surface area contributed by atoms with Crippen LogP contribution >= 0.6 is 11.3 Å². The van der Waals surface area contributed by atoms with Crippen molar-refractivity contribution < 1.29 is 33.6 Å². The van der Waals surface area contributed by atoms with Crippen molar-refractivity contribution in [3.8, 4) is 17.2 Å². The van der Waals surface area contributed by atoms with Gasteiger partial charge in [0.2, 0.25) is 6.79 Å². The molecule has 0 saturated heterocycles. The van der Waals surface area contributed by atoms with Gasteiger partial charge in [0, 0.05) is 5.56 Å². The molecule has 0 saturated carbocycles. The van der Waals surface area contributed by atoms with Crippen molar-refractivity contribution in [3.05, 3.63) is 115 Å². The highest BCUT2D eigenvalue weighted by molar-refractivity contribution is 7.07. The highest BCUT2D eigenvalue weighted by Gasteiger charge is 2.36. The molecule has 42 heavy (non-hydrogen) atoms.